The van der Waals surface area contributed by atoms with Gasteiger partial charge in [-0.15, -0.1) is 0 Å². The van der Waals surface area contributed by atoms with E-state index in [0.717, 1.165) is 17.9 Å². The fourth-order valence-corrected chi connectivity index (χ4v) is 2.49. The summed E-state index contributed by atoms with van der Waals surface area (Å²) >= 11 is 0. The molecule has 2 atom stereocenters. The van der Waals surface area contributed by atoms with Crippen molar-refractivity contribution in [2.75, 3.05) is 26.8 Å². The maximum absolute atomic E-state index is 9.96. The van der Waals surface area contributed by atoms with Crippen LogP contribution in [0.15, 0.2) is 24.3 Å². The largest absolute Gasteiger partial charge is 0.497 e. The molecule has 1 rings (SSSR count). The summed E-state index contributed by atoms with van der Waals surface area (Å²) in [5.41, 5.74) is 1.08. The molecule has 23 heavy (non-hydrogen) atoms. The lowest BCUT2D eigenvalue weighted by molar-refractivity contribution is 0.0284. The molecule has 0 heterocycles. The summed E-state index contributed by atoms with van der Waals surface area (Å²) in [4.78, 5) is 0. The Balaban J connectivity index is 2.12. The van der Waals surface area contributed by atoms with Crippen LogP contribution < -0.4 is 10.1 Å². The number of hydrogen-bond acceptors (Lipinski definition) is 4. The molecular weight excluding hydrogens is 290 g/mol. The Morgan fingerprint density at radius 3 is 2.48 bits per heavy atom. The van der Waals surface area contributed by atoms with Gasteiger partial charge in [-0.05, 0) is 36.6 Å². The first-order valence-corrected chi connectivity index (χ1v) is 8.79. The smallest absolute Gasteiger partial charge is 0.118 e. The molecule has 4 heteroatoms. The van der Waals surface area contributed by atoms with Crippen molar-refractivity contribution in [1.29, 1.82) is 0 Å². The molecule has 0 saturated carbocycles. The quantitative estimate of drug-likeness (QED) is 0.584. The second kappa shape index (κ2) is 12.3. The van der Waals surface area contributed by atoms with Crippen molar-refractivity contribution in [2.24, 2.45) is 5.92 Å². The van der Waals surface area contributed by atoms with Crippen LogP contribution in [0.3, 0.4) is 0 Å². The van der Waals surface area contributed by atoms with E-state index in [9.17, 15) is 5.11 Å². The average molecular weight is 323 g/mol. The zero-order valence-corrected chi connectivity index (χ0v) is 14.9. The highest BCUT2D eigenvalue weighted by Crippen LogP contribution is 2.12. The minimum Gasteiger partial charge on any atom is -0.497 e. The van der Waals surface area contributed by atoms with Gasteiger partial charge in [-0.25, -0.2) is 0 Å². The van der Waals surface area contributed by atoms with Gasteiger partial charge in [0.15, 0.2) is 0 Å². The lowest BCUT2D eigenvalue weighted by Crippen LogP contribution is -2.33. The van der Waals surface area contributed by atoms with Gasteiger partial charge in [0.1, 0.15) is 5.75 Å². The Kier molecular flexibility index (Phi) is 10.7. The van der Waals surface area contributed by atoms with E-state index in [0.29, 0.717) is 25.7 Å². The lowest BCUT2D eigenvalue weighted by Gasteiger charge is -2.17. The lowest BCUT2D eigenvalue weighted by atomic mass is 9.99. The first kappa shape index (κ1) is 19.9. The zero-order chi connectivity index (χ0) is 16.9. The van der Waals surface area contributed by atoms with Crippen molar-refractivity contribution < 1.29 is 14.6 Å². The number of nitrogens with one attached hydrogen (secondary N) is 1. The first-order valence-electron chi connectivity index (χ1n) is 8.79. The van der Waals surface area contributed by atoms with Crippen molar-refractivity contribution in [1.82, 2.24) is 5.32 Å². The second-order valence-electron chi connectivity index (χ2n) is 6.09. The Bertz CT molecular complexity index is 394. The van der Waals surface area contributed by atoms with Crippen molar-refractivity contribution in [3.63, 3.8) is 0 Å². The fraction of sp³-hybridized carbons (Fsp3) is 0.684. The van der Waals surface area contributed by atoms with Crippen molar-refractivity contribution in [3.8, 4) is 5.75 Å². The standard InChI is InChI=1S/C19H33NO3/c1-4-6-7-16(5-2)12-20-13-18(21)15-23-14-17-8-10-19(22-3)11-9-17/h8-11,16,18,20-21H,4-7,12-15H2,1-3H3/t16-,18+/m1/s1. The third kappa shape index (κ3) is 8.94. The van der Waals surface area contributed by atoms with Crippen molar-refractivity contribution in [2.45, 2.75) is 52.2 Å². The summed E-state index contributed by atoms with van der Waals surface area (Å²) in [5, 5.41) is 13.3. The van der Waals surface area contributed by atoms with Crippen LogP contribution in [0, 0.1) is 5.92 Å². The van der Waals surface area contributed by atoms with Gasteiger partial charge in [-0.1, -0.05) is 45.2 Å². The van der Waals surface area contributed by atoms with Gasteiger partial charge >= 0.3 is 0 Å². The van der Waals surface area contributed by atoms with E-state index in [1.165, 1.54) is 25.7 Å². The molecule has 0 aliphatic heterocycles. The van der Waals surface area contributed by atoms with E-state index < -0.39 is 6.10 Å². The number of rotatable bonds is 13. The van der Waals surface area contributed by atoms with Crippen LogP contribution in [0.4, 0.5) is 0 Å². The highest BCUT2D eigenvalue weighted by atomic mass is 16.5. The minimum absolute atomic E-state index is 0.352. The number of hydrogen-bond donors (Lipinski definition) is 2. The fourth-order valence-electron chi connectivity index (χ4n) is 2.49. The molecular formula is C19H33NO3. The number of methoxy groups -OCH3 is 1. The molecule has 1 aromatic rings. The van der Waals surface area contributed by atoms with Crippen molar-refractivity contribution >= 4 is 0 Å². The molecule has 132 valence electrons. The average Bonchev–Trinajstić information content (AvgIpc) is 2.58. The summed E-state index contributed by atoms with van der Waals surface area (Å²) in [7, 11) is 1.65. The monoisotopic (exact) mass is 323 g/mol. The molecule has 0 aromatic heterocycles. The van der Waals surface area contributed by atoms with Crippen LogP contribution in [0.5, 0.6) is 5.75 Å². The molecule has 0 amide bonds. The van der Waals surface area contributed by atoms with Crippen LogP contribution in [0.25, 0.3) is 0 Å². The maximum atomic E-state index is 9.96. The summed E-state index contributed by atoms with van der Waals surface area (Å²) in [6.07, 6.45) is 4.53. The highest BCUT2D eigenvalue weighted by Gasteiger charge is 2.08. The minimum atomic E-state index is -0.461. The molecule has 4 nitrogen and oxygen atoms in total. The molecule has 0 bridgehead atoms. The number of unbranched alkanes of at least 4 members (excludes halogenated alkanes) is 1. The van der Waals surface area contributed by atoms with Gasteiger partial charge in [-0.3, -0.25) is 0 Å². The summed E-state index contributed by atoms with van der Waals surface area (Å²) in [6, 6.07) is 7.78. The van der Waals surface area contributed by atoms with Gasteiger partial charge in [0.25, 0.3) is 0 Å². The summed E-state index contributed by atoms with van der Waals surface area (Å²) in [6.45, 7) is 6.89. The zero-order valence-electron chi connectivity index (χ0n) is 14.9. The SMILES string of the molecule is CCCC[C@@H](CC)CNC[C@H](O)COCc1ccc(OC)cc1. The molecule has 0 unspecified atom stereocenters. The molecule has 2 N–H and O–H groups in total. The Hall–Kier alpha value is -1.10. The van der Waals surface area contributed by atoms with Crippen LogP contribution in [-0.2, 0) is 11.3 Å². The summed E-state index contributed by atoms with van der Waals surface area (Å²) < 4.78 is 10.7. The van der Waals surface area contributed by atoms with Crippen LogP contribution in [0.1, 0.15) is 45.1 Å². The molecule has 0 aliphatic carbocycles. The predicted octanol–water partition coefficient (Wildman–Crippen LogP) is 3.38. The summed E-state index contributed by atoms with van der Waals surface area (Å²) in [5.74, 6) is 1.55. The van der Waals surface area contributed by atoms with Crippen molar-refractivity contribution in [3.05, 3.63) is 29.8 Å². The Morgan fingerprint density at radius 1 is 1.13 bits per heavy atom. The van der Waals surface area contributed by atoms with E-state index in [-0.39, 0.29) is 0 Å². The Morgan fingerprint density at radius 2 is 1.87 bits per heavy atom. The van der Waals surface area contributed by atoms with Crippen LogP contribution in [0.2, 0.25) is 0 Å². The second-order valence-corrected chi connectivity index (χ2v) is 6.09. The van der Waals surface area contributed by atoms with E-state index >= 15 is 0 Å². The van der Waals surface area contributed by atoms with E-state index in [1.54, 1.807) is 7.11 Å². The number of aliphatic hydroxyl groups excluding tert-OH is 1. The molecule has 1 aromatic carbocycles. The molecule has 0 fully saturated rings. The van der Waals surface area contributed by atoms with E-state index in [2.05, 4.69) is 19.2 Å². The van der Waals surface area contributed by atoms with Gasteiger partial charge in [0.05, 0.1) is 26.4 Å². The highest BCUT2D eigenvalue weighted by molar-refractivity contribution is 5.26. The topological polar surface area (TPSA) is 50.7 Å². The third-order valence-electron chi connectivity index (χ3n) is 4.09. The van der Waals surface area contributed by atoms with Crippen LogP contribution >= 0.6 is 0 Å². The van der Waals surface area contributed by atoms with Crippen LogP contribution in [-0.4, -0.2) is 38.0 Å². The first-order chi connectivity index (χ1) is 11.2. The molecule has 0 spiro atoms. The third-order valence-corrected chi connectivity index (χ3v) is 4.09. The predicted molar refractivity (Wildman–Crippen MR) is 94.8 cm³/mol. The van der Waals surface area contributed by atoms with Gasteiger partial charge in [0, 0.05) is 6.54 Å². The normalized spacial score (nSPS) is 13.7. The van der Waals surface area contributed by atoms with Gasteiger partial charge in [0.2, 0.25) is 0 Å². The van der Waals surface area contributed by atoms with Gasteiger partial charge in [-0.2, -0.15) is 0 Å². The molecule has 0 saturated heterocycles. The number of aliphatic hydroxyl groups is 1. The van der Waals surface area contributed by atoms with E-state index in [1.807, 2.05) is 24.3 Å². The Labute approximate surface area is 141 Å². The van der Waals surface area contributed by atoms with E-state index in [4.69, 9.17) is 9.47 Å². The number of ether oxygens (including phenoxy) is 2. The maximum Gasteiger partial charge on any atom is 0.118 e. The molecule has 0 aliphatic rings. The van der Waals surface area contributed by atoms with Gasteiger partial charge < -0.3 is 19.9 Å². The molecule has 0 radical (unpaired) electrons. The number of benzene rings is 1.